The molecule has 0 spiro atoms. The normalized spacial score (nSPS) is 13.8. The fourth-order valence-corrected chi connectivity index (χ4v) is 5.13. The average molecular weight is 581 g/mol. The van der Waals surface area contributed by atoms with E-state index in [2.05, 4.69) is 11.0 Å². The molecule has 3 aromatic carbocycles. The Morgan fingerprint density at radius 1 is 0.814 bits per heavy atom. The highest BCUT2D eigenvalue weighted by Gasteiger charge is 2.29. The van der Waals surface area contributed by atoms with Gasteiger partial charge >= 0.3 is 5.97 Å². The number of ether oxygens (including phenoxy) is 4. The van der Waals surface area contributed by atoms with Crippen molar-refractivity contribution in [1.29, 1.82) is 0 Å². The minimum absolute atomic E-state index is 0.0744. The van der Waals surface area contributed by atoms with Crippen molar-refractivity contribution in [2.75, 3.05) is 25.1 Å². The predicted molar refractivity (Wildman–Crippen MR) is 169 cm³/mol. The molecule has 224 valence electrons. The molecule has 1 saturated heterocycles. The van der Waals surface area contributed by atoms with Crippen molar-refractivity contribution in [2.24, 2.45) is 5.92 Å². The lowest BCUT2D eigenvalue weighted by atomic mass is 9.96. The van der Waals surface area contributed by atoms with E-state index in [1.807, 2.05) is 106 Å². The Bertz CT molecular complexity index is 1490. The van der Waals surface area contributed by atoms with Gasteiger partial charge in [-0.15, -0.1) is 0 Å². The molecule has 1 aliphatic heterocycles. The van der Waals surface area contributed by atoms with Crippen molar-refractivity contribution in [1.82, 2.24) is 4.98 Å². The second-order valence-electron chi connectivity index (χ2n) is 11.7. The molecule has 0 atom stereocenters. The number of anilines is 1. The summed E-state index contributed by atoms with van der Waals surface area (Å²) >= 11 is 0. The zero-order valence-electron chi connectivity index (χ0n) is 25.4. The van der Waals surface area contributed by atoms with Crippen LogP contribution >= 0.6 is 0 Å². The van der Waals surface area contributed by atoms with Crippen LogP contribution in [0.3, 0.4) is 0 Å². The molecule has 0 radical (unpaired) electrons. The lowest BCUT2D eigenvalue weighted by molar-refractivity contribution is -0.160. The van der Waals surface area contributed by atoms with Crippen LogP contribution in [0.15, 0.2) is 91.0 Å². The van der Waals surface area contributed by atoms with Crippen molar-refractivity contribution in [3.8, 4) is 28.6 Å². The second kappa shape index (κ2) is 13.6. The number of carbonyl (C=O) groups excluding carboxylic acids is 1. The third kappa shape index (κ3) is 8.07. The monoisotopic (exact) mass is 580 g/mol. The number of hydrogen-bond acceptors (Lipinski definition) is 7. The smallest absolute Gasteiger partial charge is 0.309 e. The third-order valence-electron chi connectivity index (χ3n) is 7.36. The highest BCUT2D eigenvalue weighted by molar-refractivity contribution is 5.78. The van der Waals surface area contributed by atoms with Crippen LogP contribution in [0.4, 0.5) is 5.69 Å². The molecule has 0 saturated carbocycles. The first-order valence-electron chi connectivity index (χ1n) is 14.8. The third-order valence-corrected chi connectivity index (χ3v) is 7.36. The number of benzene rings is 3. The van der Waals surface area contributed by atoms with E-state index < -0.39 is 5.60 Å². The molecule has 0 aliphatic carbocycles. The Hall–Kier alpha value is -4.52. The summed E-state index contributed by atoms with van der Waals surface area (Å²) in [5.74, 6) is 1.50. The van der Waals surface area contributed by atoms with E-state index in [1.165, 1.54) is 0 Å². The van der Waals surface area contributed by atoms with Crippen molar-refractivity contribution in [2.45, 2.75) is 52.4 Å². The first-order chi connectivity index (χ1) is 20.8. The SMILES string of the molecule is COc1cc(N2CCC(C(=O)OC(C)(C)C)CC2)ccc1-c1ccc(OCc2ccccc2)nc1OCc1ccccc1. The molecule has 0 bridgehead atoms. The van der Waals surface area contributed by atoms with E-state index in [0.29, 0.717) is 25.0 Å². The first-order valence-corrected chi connectivity index (χ1v) is 14.8. The van der Waals surface area contributed by atoms with Gasteiger partial charge in [0.05, 0.1) is 13.0 Å². The van der Waals surface area contributed by atoms with E-state index in [1.54, 1.807) is 7.11 Å². The van der Waals surface area contributed by atoms with E-state index in [0.717, 1.165) is 59.6 Å². The molecule has 43 heavy (non-hydrogen) atoms. The minimum atomic E-state index is -0.470. The van der Waals surface area contributed by atoms with E-state index in [-0.39, 0.29) is 11.9 Å². The van der Waals surface area contributed by atoms with Gasteiger partial charge in [0.25, 0.3) is 0 Å². The number of carbonyl (C=O) groups is 1. The molecule has 7 heteroatoms. The first kappa shape index (κ1) is 30.0. The van der Waals surface area contributed by atoms with Crippen LogP contribution in [-0.4, -0.2) is 36.8 Å². The summed E-state index contributed by atoms with van der Waals surface area (Å²) in [4.78, 5) is 19.6. The van der Waals surface area contributed by atoms with E-state index >= 15 is 0 Å². The summed E-state index contributed by atoms with van der Waals surface area (Å²) in [6, 6.07) is 30.0. The van der Waals surface area contributed by atoms with Gasteiger partial charge in [-0.1, -0.05) is 60.7 Å². The van der Waals surface area contributed by atoms with E-state index in [4.69, 9.17) is 23.9 Å². The van der Waals surface area contributed by atoms with Gasteiger partial charge in [0.15, 0.2) is 0 Å². The van der Waals surface area contributed by atoms with Crippen molar-refractivity contribution >= 4 is 11.7 Å². The Balaban J connectivity index is 1.35. The Labute approximate surface area is 254 Å². The van der Waals surface area contributed by atoms with Crippen molar-refractivity contribution in [3.05, 3.63) is 102 Å². The average Bonchev–Trinajstić information content (AvgIpc) is 3.03. The summed E-state index contributed by atoms with van der Waals surface area (Å²) in [5, 5.41) is 0. The molecule has 2 heterocycles. The van der Waals surface area contributed by atoms with Crippen LogP contribution in [0.1, 0.15) is 44.7 Å². The molecule has 1 aromatic heterocycles. The molecule has 0 unspecified atom stereocenters. The zero-order valence-corrected chi connectivity index (χ0v) is 25.4. The van der Waals surface area contributed by atoms with Crippen LogP contribution in [0.5, 0.6) is 17.5 Å². The van der Waals surface area contributed by atoms with E-state index in [9.17, 15) is 4.79 Å². The highest BCUT2D eigenvalue weighted by Crippen LogP contribution is 2.40. The summed E-state index contributed by atoms with van der Waals surface area (Å²) in [7, 11) is 1.67. The largest absolute Gasteiger partial charge is 0.496 e. The van der Waals surface area contributed by atoms with Crippen LogP contribution in [0.2, 0.25) is 0 Å². The molecule has 0 N–H and O–H groups in total. The number of methoxy groups -OCH3 is 1. The maximum absolute atomic E-state index is 12.6. The summed E-state index contributed by atoms with van der Waals surface area (Å²) in [6.45, 7) is 8.05. The number of aromatic nitrogens is 1. The maximum atomic E-state index is 12.6. The standard InChI is InChI=1S/C36H40N2O5/c1-36(2,3)43-35(39)28-19-21-38(22-20-28)29-15-16-30(32(23-29)40-4)31-17-18-33(41-24-26-11-7-5-8-12-26)37-34(31)42-25-27-13-9-6-10-14-27/h5-18,23,28H,19-22,24-25H2,1-4H3. The molecule has 1 aliphatic rings. The van der Waals surface area contributed by atoms with Gasteiger partial charge in [-0.2, -0.15) is 4.98 Å². The maximum Gasteiger partial charge on any atom is 0.309 e. The Kier molecular flexibility index (Phi) is 9.50. The molecule has 1 fully saturated rings. The molecule has 7 nitrogen and oxygen atoms in total. The summed E-state index contributed by atoms with van der Waals surface area (Å²) in [5.41, 5.74) is 4.37. The number of pyridine rings is 1. The summed E-state index contributed by atoms with van der Waals surface area (Å²) < 4.78 is 23.8. The highest BCUT2D eigenvalue weighted by atomic mass is 16.6. The van der Waals surface area contributed by atoms with Gasteiger partial charge in [0.2, 0.25) is 11.8 Å². The number of piperidine rings is 1. The number of hydrogen-bond donors (Lipinski definition) is 0. The molecule has 0 amide bonds. The van der Waals surface area contributed by atoms with Gasteiger partial charge in [-0.05, 0) is 62.9 Å². The van der Waals surface area contributed by atoms with Crippen LogP contribution in [-0.2, 0) is 22.7 Å². The van der Waals surface area contributed by atoms with Gasteiger partial charge in [0.1, 0.15) is 24.6 Å². The number of nitrogens with zero attached hydrogens (tertiary/aromatic N) is 2. The second-order valence-corrected chi connectivity index (χ2v) is 11.7. The molecular formula is C36H40N2O5. The van der Waals surface area contributed by atoms with Crippen LogP contribution in [0.25, 0.3) is 11.1 Å². The number of rotatable bonds is 10. The summed E-state index contributed by atoms with van der Waals surface area (Å²) in [6.07, 6.45) is 1.51. The topological polar surface area (TPSA) is 70.1 Å². The fourth-order valence-electron chi connectivity index (χ4n) is 5.13. The van der Waals surface area contributed by atoms with Gasteiger partial charge in [-0.25, -0.2) is 0 Å². The fraction of sp³-hybridized carbons (Fsp3) is 0.333. The number of esters is 1. The minimum Gasteiger partial charge on any atom is -0.496 e. The van der Waals surface area contributed by atoms with Crippen molar-refractivity contribution in [3.63, 3.8) is 0 Å². The molecule has 4 aromatic rings. The Morgan fingerprint density at radius 2 is 1.42 bits per heavy atom. The van der Waals surface area contributed by atoms with Gasteiger partial charge in [-0.3, -0.25) is 4.79 Å². The zero-order chi connectivity index (χ0) is 30.2. The quantitative estimate of drug-likeness (QED) is 0.180. The molecule has 5 rings (SSSR count). The van der Waals surface area contributed by atoms with Gasteiger partial charge in [0, 0.05) is 42.0 Å². The lowest BCUT2D eigenvalue weighted by Gasteiger charge is -2.34. The lowest BCUT2D eigenvalue weighted by Crippen LogP contribution is -2.38. The van der Waals surface area contributed by atoms with Gasteiger partial charge < -0.3 is 23.8 Å². The van der Waals surface area contributed by atoms with Crippen LogP contribution < -0.4 is 19.1 Å². The Morgan fingerprint density at radius 3 is 2.02 bits per heavy atom. The predicted octanol–water partition coefficient (Wildman–Crippen LogP) is 7.47. The van der Waals surface area contributed by atoms with Crippen molar-refractivity contribution < 1.29 is 23.7 Å². The molecular weight excluding hydrogens is 540 g/mol. The van der Waals surface area contributed by atoms with Crippen LogP contribution in [0, 0.1) is 5.92 Å².